The number of hydrogen-bond donors (Lipinski definition) is 1. The smallest absolute Gasteiger partial charge is 0.268 e. The van der Waals surface area contributed by atoms with Crippen LogP contribution in [0.1, 0.15) is 72.1 Å². The van der Waals surface area contributed by atoms with Crippen molar-refractivity contribution in [2.75, 3.05) is 0 Å². The molecule has 0 unspecified atom stereocenters. The molecule has 0 aromatic heterocycles. The van der Waals surface area contributed by atoms with Crippen LogP contribution in [0.2, 0.25) is 0 Å². The van der Waals surface area contributed by atoms with Crippen LogP contribution in [0.5, 0.6) is 0 Å². The van der Waals surface area contributed by atoms with Crippen LogP contribution < -0.4 is 5.32 Å². The maximum absolute atomic E-state index is 11.8. The summed E-state index contributed by atoms with van der Waals surface area (Å²) in [6.07, 6.45) is 9.82. The molecule has 1 atom stereocenters. The minimum Gasteiger partial charge on any atom is -0.465 e. The molecule has 0 aromatic carbocycles. The number of ether oxygens (including phenoxy) is 1. The van der Waals surface area contributed by atoms with E-state index >= 15 is 0 Å². The zero-order valence-corrected chi connectivity index (χ0v) is 13.6. The lowest BCUT2D eigenvalue weighted by Gasteiger charge is -2.10. The zero-order chi connectivity index (χ0) is 15.7. The van der Waals surface area contributed by atoms with Crippen molar-refractivity contribution in [1.29, 1.82) is 0 Å². The predicted octanol–water partition coefficient (Wildman–Crippen LogP) is 3.71. The highest BCUT2D eigenvalue weighted by Crippen LogP contribution is 2.17. The molecule has 0 spiro atoms. The van der Waals surface area contributed by atoms with E-state index in [1.165, 1.54) is 38.2 Å². The number of hydrogen-bond acceptors (Lipinski definition) is 3. The standard InChI is InChI=1S/C17H29NO3/c1-4-5-6-7-8-9-10-11-14(19)12-15-18-17(20)16(21-15)13(2)3/h12-13,16H,4-11H2,1-3H3,(H,18,20)/b15-12+/t16-/m0/s1. The molecular weight excluding hydrogens is 266 g/mol. The van der Waals surface area contributed by atoms with Gasteiger partial charge < -0.3 is 4.74 Å². The summed E-state index contributed by atoms with van der Waals surface area (Å²) in [5, 5.41) is 2.62. The second kappa shape index (κ2) is 9.59. The summed E-state index contributed by atoms with van der Waals surface area (Å²) in [6.45, 7) is 6.06. The van der Waals surface area contributed by atoms with Crippen molar-refractivity contribution in [1.82, 2.24) is 5.32 Å². The summed E-state index contributed by atoms with van der Waals surface area (Å²) >= 11 is 0. The third kappa shape index (κ3) is 6.78. The van der Waals surface area contributed by atoms with Crippen LogP contribution in [0.15, 0.2) is 12.0 Å². The van der Waals surface area contributed by atoms with Gasteiger partial charge in [-0.1, -0.05) is 59.3 Å². The van der Waals surface area contributed by atoms with Crippen LogP contribution in [-0.2, 0) is 14.3 Å². The number of carbonyl (C=O) groups excluding carboxylic acids is 2. The number of carbonyl (C=O) groups is 2. The Kier molecular flexibility index (Phi) is 8.09. The molecule has 1 saturated heterocycles. The molecule has 4 nitrogen and oxygen atoms in total. The number of ketones is 1. The van der Waals surface area contributed by atoms with Gasteiger partial charge in [0.2, 0.25) is 0 Å². The van der Waals surface area contributed by atoms with E-state index < -0.39 is 6.10 Å². The van der Waals surface area contributed by atoms with E-state index in [9.17, 15) is 9.59 Å². The lowest BCUT2D eigenvalue weighted by molar-refractivity contribution is -0.125. The molecule has 120 valence electrons. The highest BCUT2D eigenvalue weighted by atomic mass is 16.5. The normalized spacial score (nSPS) is 19.9. The SMILES string of the molecule is CCCCCCCCCC(=O)/C=C1\NC(=O)[C@H](C(C)C)O1. The van der Waals surface area contributed by atoms with Crippen molar-refractivity contribution >= 4 is 11.7 Å². The Morgan fingerprint density at radius 3 is 2.38 bits per heavy atom. The quantitative estimate of drug-likeness (QED) is 0.494. The Bertz CT molecular complexity index is 374. The maximum atomic E-state index is 11.8. The fourth-order valence-electron chi connectivity index (χ4n) is 2.40. The number of allylic oxidation sites excluding steroid dienone is 1. The van der Waals surface area contributed by atoms with Crippen molar-refractivity contribution in [2.45, 2.75) is 78.2 Å². The Hall–Kier alpha value is -1.32. The second-order valence-electron chi connectivity index (χ2n) is 6.12. The van der Waals surface area contributed by atoms with Crippen LogP contribution in [0.25, 0.3) is 0 Å². The molecule has 4 heteroatoms. The minimum atomic E-state index is -0.470. The minimum absolute atomic E-state index is 0.0308. The molecule has 1 heterocycles. The van der Waals surface area contributed by atoms with Crippen molar-refractivity contribution in [3.63, 3.8) is 0 Å². The van der Waals surface area contributed by atoms with Crippen LogP contribution in [0, 0.1) is 5.92 Å². The Labute approximate surface area is 128 Å². The van der Waals surface area contributed by atoms with Gasteiger partial charge in [0.25, 0.3) is 5.91 Å². The van der Waals surface area contributed by atoms with Crippen molar-refractivity contribution in [3.05, 3.63) is 12.0 Å². The molecule has 0 aromatic rings. The molecule has 0 bridgehead atoms. The molecule has 1 amide bonds. The number of rotatable bonds is 10. The Morgan fingerprint density at radius 1 is 1.19 bits per heavy atom. The molecular formula is C17H29NO3. The van der Waals surface area contributed by atoms with E-state index in [4.69, 9.17) is 4.74 Å². The van der Waals surface area contributed by atoms with Gasteiger partial charge in [-0.05, 0) is 12.3 Å². The van der Waals surface area contributed by atoms with Gasteiger partial charge >= 0.3 is 0 Å². The molecule has 0 radical (unpaired) electrons. The van der Waals surface area contributed by atoms with Gasteiger partial charge in [-0.25, -0.2) is 0 Å². The molecule has 21 heavy (non-hydrogen) atoms. The van der Waals surface area contributed by atoms with E-state index in [1.807, 2.05) is 13.8 Å². The van der Waals surface area contributed by atoms with Gasteiger partial charge in [0.05, 0.1) is 0 Å². The largest absolute Gasteiger partial charge is 0.465 e. The van der Waals surface area contributed by atoms with Crippen molar-refractivity contribution in [2.24, 2.45) is 5.92 Å². The molecule has 1 fully saturated rings. The van der Waals surface area contributed by atoms with E-state index in [1.54, 1.807) is 0 Å². The monoisotopic (exact) mass is 295 g/mol. The summed E-state index contributed by atoms with van der Waals surface area (Å²) in [7, 11) is 0. The Balaban J connectivity index is 2.19. The summed E-state index contributed by atoms with van der Waals surface area (Å²) < 4.78 is 5.46. The van der Waals surface area contributed by atoms with Crippen LogP contribution in [0.3, 0.4) is 0 Å². The fraction of sp³-hybridized carbons (Fsp3) is 0.765. The highest BCUT2D eigenvalue weighted by Gasteiger charge is 2.32. The van der Waals surface area contributed by atoms with Gasteiger partial charge in [0, 0.05) is 12.5 Å². The van der Waals surface area contributed by atoms with E-state index in [-0.39, 0.29) is 17.6 Å². The third-order valence-electron chi connectivity index (χ3n) is 3.68. The first kappa shape index (κ1) is 17.7. The molecule has 1 rings (SSSR count). The van der Waals surface area contributed by atoms with Gasteiger partial charge in [-0.15, -0.1) is 0 Å². The average molecular weight is 295 g/mol. The molecule has 0 aliphatic carbocycles. The van der Waals surface area contributed by atoms with E-state index in [0.717, 1.165) is 12.8 Å². The molecule has 0 saturated carbocycles. The maximum Gasteiger partial charge on any atom is 0.268 e. The van der Waals surface area contributed by atoms with E-state index in [2.05, 4.69) is 12.2 Å². The second-order valence-corrected chi connectivity index (χ2v) is 6.12. The van der Waals surface area contributed by atoms with Crippen LogP contribution in [-0.4, -0.2) is 17.8 Å². The first-order valence-corrected chi connectivity index (χ1v) is 8.26. The Morgan fingerprint density at radius 2 is 1.81 bits per heavy atom. The summed E-state index contributed by atoms with van der Waals surface area (Å²) in [5.41, 5.74) is 0. The topological polar surface area (TPSA) is 55.4 Å². The van der Waals surface area contributed by atoms with Crippen molar-refractivity contribution in [3.8, 4) is 0 Å². The predicted molar refractivity (Wildman–Crippen MR) is 83.6 cm³/mol. The first-order valence-electron chi connectivity index (χ1n) is 8.26. The van der Waals surface area contributed by atoms with E-state index in [0.29, 0.717) is 12.3 Å². The number of amides is 1. The number of unbranched alkanes of at least 4 members (excludes halogenated alkanes) is 6. The summed E-state index contributed by atoms with van der Waals surface area (Å²) in [5.74, 6) is 0.295. The van der Waals surface area contributed by atoms with Gasteiger partial charge in [-0.3, -0.25) is 14.9 Å². The molecule has 1 N–H and O–H groups in total. The lowest BCUT2D eigenvalue weighted by Crippen LogP contribution is -2.27. The number of nitrogens with one attached hydrogen (secondary N) is 1. The summed E-state index contributed by atoms with van der Waals surface area (Å²) in [6, 6.07) is 0. The highest BCUT2D eigenvalue weighted by molar-refractivity contribution is 5.92. The fourth-order valence-corrected chi connectivity index (χ4v) is 2.40. The van der Waals surface area contributed by atoms with Crippen molar-refractivity contribution < 1.29 is 14.3 Å². The van der Waals surface area contributed by atoms with Crippen LogP contribution >= 0.6 is 0 Å². The first-order chi connectivity index (χ1) is 10.0. The molecule has 1 aliphatic rings. The lowest BCUT2D eigenvalue weighted by atomic mass is 10.1. The third-order valence-corrected chi connectivity index (χ3v) is 3.68. The van der Waals surface area contributed by atoms with Gasteiger partial charge in [-0.2, -0.15) is 0 Å². The van der Waals surface area contributed by atoms with Crippen LogP contribution in [0.4, 0.5) is 0 Å². The molecule has 1 aliphatic heterocycles. The average Bonchev–Trinajstić information content (AvgIpc) is 2.78. The summed E-state index contributed by atoms with van der Waals surface area (Å²) in [4.78, 5) is 23.4. The van der Waals surface area contributed by atoms with Gasteiger partial charge in [0.15, 0.2) is 17.8 Å². The zero-order valence-electron chi connectivity index (χ0n) is 13.6. The van der Waals surface area contributed by atoms with Gasteiger partial charge in [0.1, 0.15) is 0 Å².